The van der Waals surface area contributed by atoms with Gasteiger partial charge in [-0.1, -0.05) is 0 Å². The molecule has 0 aliphatic carbocycles. The smallest absolute Gasteiger partial charge is 0.342 e. The number of hydrogen-bond acceptors (Lipinski definition) is 5. The Morgan fingerprint density at radius 2 is 2.23 bits per heavy atom. The number of nitrogens with zero attached hydrogens (tertiary/aromatic N) is 1. The topological polar surface area (TPSA) is 62.1 Å². The Labute approximate surface area is 84.4 Å². The minimum absolute atomic E-state index is 0.331. The van der Waals surface area contributed by atoms with Gasteiger partial charge in [-0.15, -0.1) is 5.26 Å². The molecule has 6 heteroatoms. The first-order valence-electron chi connectivity index (χ1n) is 3.70. The number of carbonyl (C=O) groups is 1. The molecule has 0 aromatic carbocycles. The lowest BCUT2D eigenvalue weighted by molar-refractivity contribution is -0.138. The molecule has 0 radical (unpaired) electrons. The average molecular weight is 221 g/mol. The first-order valence-corrected chi connectivity index (χ1v) is 7.47. The Bertz CT molecular complexity index is 222. The highest BCUT2D eigenvalue weighted by molar-refractivity contribution is 7.80. The molecule has 0 spiro atoms. The monoisotopic (exact) mass is 221 g/mol. The summed E-state index contributed by atoms with van der Waals surface area (Å²) >= 11 is 4.00. The average Bonchev–Trinajstić information content (AvgIpc) is 1.99. The maximum Gasteiger partial charge on any atom is 0.342 e. The van der Waals surface area contributed by atoms with Crippen LogP contribution in [0.2, 0.25) is 0 Å². The summed E-state index contributed by atoms with van der Waals surface area (Å²) in [4.78, 5) is 11.1. The van der Waals surface area contributed by atoms with E-state index < -0.39 is 19.4 Å². The van der Waals surface area contributed by atoms with Gasteiger partial charge < -0.3 is 4.74 Å². The van der Waals surface area contributed by atoms with Crippen LogP contribution in [0, 0.1) is 11.5 Å². The molecule has 0 saturated heterocycles. The lowest BCUT2D eigenvalue weighted by Crippen LogP contribution is -2.38. The molecule has 13 heavy (non-hydrogen) atoms. The number of nitriles is 1. The second-order valence-electron chi connectivity index (χ2n) is 3.39. The van der Waals surface area contributed by atoms with Gasteiger partial charge in [0.05, 0.1) is 27.4 Å². The van der Waals surface area contributed by atoms with Crippen LogP contribution in [-0.4, -0.2) is 37.8 Å². The fraction of sp³-hybridized carbons (Fsp3) is 0.714. The van der Waals surface area contributed by atoms with E-state index in [9.17, 15) is 4.79 Å². The molecule has 4 nitrogen and oxygen atoms in total. The summed E-state index contributed by atoms with van der Waals surface area (Å²) in [6, 6.07) is -0.490. The number of nitrogens with one attached hydrogen (secondary N) is 1. The summed E-state index contributed by atoms with van der Waals surface area (Å²) in [5, 5.41) is 11.2. The largest absolute Gasteiger partial charge is 0.349 e. The molecule has 74 valence electrons. The van der Waals surface area contributed by atoms with Gasteiger partial charge in [0, 0.05) is 5.75 Å². The molecule has 0 aliphatic heterocycles. The van der Waals surface area contributed by atoms with Crippen LogP contribution in [0.15, 0.2) is 0 Å². The molecule has 0 aromatic rings. The third-order valence-corrected chi connectivity index (χ3v) is 2.61. The first-order chi connectivity index (χ1) is 5.90. The quantitative estimate of drug-likeness (QED) is 0.318. The maximum atomic E-state index is 11.1. The number of thiol groups is 1. The van der Waals surface area contributed by atoms with Crippen molar-refractivity contribution in [2.75, 3.05) is 25.7 Å². The van der Waals surface area contributed by atoms with Crippen molar-refractivity contribution in [2.24, 2.45) is 0 Å². The van der Waals surface area contributed by atoms with E-state index in [0.29, 0.717) is 5.75 Å². The molecule has 0 heterocycles. The number of carbonyl (C=O) groups excluding carboxylic acids is 1. The van der Waals surface area contributed by atoms with Crippen LogP contribution in [0.1, 0.15) is 0 Å². The Kier molecular flexibility index (Phi) is 5.31. The van der Waals surface area contributed by atoms with Gasteiger partial charge >= 0.3 is 5.97 Å². The van der Waals surface area contributed by atoms with Crippen molar-refractivity contribution >= 4 is 26.0 Å². The Morgan fingerprint density at radius 3 is 2.54 bits per heavy atom. The van der Waals surface area contributed by atoms with Crippen LogP contribution in [0.5, 0.6) is 0 Å². The predicted octanol–water partition coefficient (Wildman–Crippen LogP) is 0.721. The van der Waals surface area contributed by atoms with Gasteiger partial charge in [0.25, 0.3) is 6.26 Å². The lowest BCUT2D eigenvalue weighted by atomic mass is 10.4. The van der Waals surface area contributed by atoms with Crippen LogP contribution in [0.25, 0.3) is 0 Å². The van der Waals surface area contributed by atoms with Crippen LogP contribution < -0.4 is 5.09 Å². The molecular weight excluding hydrogens is 207 g/mol. The van der Waals surface area contributed by atoms with E-state index in [1.54, 1.807) is 0 Å². The summed E-state index contributed by atoms with van der Waals surface area (Å²) in [6.07, 6.45) is 1.36. The van der Waals surface area contributed by atoms with Gasteiger partial charge in [0.15, 0.2) is 0 Å². The highest BCUT2D eigenvalue weighted by Crippen LogP contribution is 2.41. The zero-order valence-corrected chi connectivity index (χ0v) is 9.73. The van der Waals surface area contributed by atoms with Crippen molar-refractivity contribution in [1.82, 2.24) is 5.09 Å². The molecule has 1 N–H and O–H groups in total. The third kappa shape index (κ3) is 5.87. The lowest BCUT2D eigenvalue weighted by Gasteiger charge is -2.18. The summed E-state index contributed by atoms with van der Waals surface area (Å²) < 4.78 is 4.21. The third-order valence-electron chi connectivity index (χ3n) is 1.16. The van der Waals surface area contributed by atoms with Gasteiger partial charge in [0.2, 0.25) is 0 Å². The molecule has 0 fully saturated rings. The van der Waals surface area contributed by atoms with Crippen molar-refractivity contribution in [1.29, 1.82) is 5.26 Å². The molecule has 0 bridgehead atoms. The first kappa shape index (κ1) is 12.7. The summed E-state index contributed by atoms with van der Waals surface area (Å²) in [5.41, 5.74) is 0. The van der Waals surface area contributed by atoms with Gasteiger partial charge in [-0.3, -0.25) is 0 Å². The van der Waals surface area contributed by atoms with E-state index in [0.717, 1.165) is 0 Å². The highest BCUT2D eigenvalue weighted by atomic mass is 32.1. The normalized spacial score (nSPS) is 13.2. The zero-order valence-electron chi connectivity index (χ0n) is 7.94. The molecule has 0 aliphatic rings. The Morgan fingerprint density at radius 1 is 1.69 bits per heavy atom. The summed E-state index contributed by atoms with van der Waals surface area (Å²) in [7, 11) is -1.28. The van der Waals surface area contributed by atoms with Crippen molar-refractivity contribution < 1.29 is 9.53 Å². The molecule has 1 atom stereocenters. The molecular formula is C7H14N2O2PS+. The molecule has 0 aromatic heterocycles. The van der Waals surface area contributed by atoms with Crippen LogP contribution >= 0.6 is 20.0 Å². The minimum atomic E-state index is -1.28. The maximum absolute atomic E-state index is 11.1. The van der Waals surface area contributed by atoms with Gasteiger partial charge in [-0.05, 0) is 0 Å². The SMILES string of the molecule is C[P+](C)(C)NC(CS)C(=O)OC#N. The van der Waals surface area contributed by atoms with E-state index in [1.165, 1.54) is 6.26 Å². The summed E-state index contributed by atoms with van der Waals surface area (Å²) in [6.45, 7) is 6.09. The fourth-order valence-electron chi connectivity index (χ4n) is 0.752. The van der Waals surface area contributed by atoms with E-state index in [4.69, 9.17) is 5.26 Å². The van der Waals surface area contributed by atoms with E-state index in [-0.39, 0.29) is 0 Å². The zero-order chi connectivity index (χ0) is 10.5. The summed E-state index contributed by atoms with van der Waals surface area (Å²) in [5.74, 6) is -0.231. The standard InChI is InChI=1S/C7H13N2O2PS/c1-12(2,3)9-6(4-13)7(10)11-5-8/h6,9H,4H2,1-3H3/p+1. The van der Waals surface area contributed by atoms with Crippen LogP contribution in [-0.2, 0) is 9.53 Å². The molecule has 0 rings (SSSR count). The Hall–Kier alpha value is -0.300. The number of esters is 1. The van der Waals surface area contributed by atoms with Crippen molar-refractivity contribution in [2.45, 2.75) is 6.04 Å². The predicted molar refractivity (Wildman–Crippen MR) is 57.2 cm³/mol. The van der Waals surface area contributed by atoms with Crippen molar-refractivity contribution in [3.8, 4) is 6.26 Å². The minimum Gasteiger partial charge on any atom is -0.349 e. The number of ether oxygens (including phenoxy) is 1. The highest BCUT2D eigenvalue weighted by Gasteiger charge is 2.28. The fourth-order valence-corrected chi connectivity index (χ4v) is 2.27. The van der Waals surface area contributed by atoms with Gasteiger partial charge in [-0.25, -0.2) is 4.79 Å². The van der Waals surface area contributed by atoms with Gasteiger partial charge in [0.1, 0.15) is 6.04 Å². The molecule has 1 unspecified atom stereocenters. The second-order valence-corrected chi connectivity index (χ2v) is 8.04. The Balaban J connectivity index is 4.20. The molecule has 0 saturated carbocycles. The van der Waals surface area contributed by atoms with E-state index in [1.807, 2.05) is 20.0 Å². The van der Waals surface area contributed by atoms with E-state index >= 15 is 0 Å². The van der Waals surface area contributed by atoms with E-state index in [2.05, 4.69) is 22.5 Å². The number of hydrogen-bond donors (Lipinski definition) is 2. The van der Waals surface area contributed by atoms with Crippen LogP contribution in [0.3, 0.4) is 0 Å². The van der Waals surface area contributed by atoms with Crippen molar-refractivity contribution in [3.05, 3.63) is 0 Å². The van der Waals surface area contributed by atoms with Crippen LogP contribution in [0.4, 0.5) is 0 Å². The molecule has 0 amide bonds. The second kappa shape index (κ2) is 5.43. The van der Waals surface area contributed by atoms with Gasteiger partial charge in [-0.2, -0.15) is 17.7 Å². The number of rotatable bonds is 4. The van der Waals surface area contributed by atoms with Crippen molar-refractivity contribution in [3.63, 3.8) is 0 Å².